The number of nitrogens with one attached hydrogen (secondary N) is 1. The van der Waals surface area contributed by atoms with Gasteiger partial charge in [0.05, 0.1) is 19.0 Å². The number of alkyl halides is 3. The standard InChI is InChI=1S/C12H9F3N2O3S/c1-19-10(18)9-6-16-11(21-9)17-7-4-2-3-5-8(7)20-12(13,14)15/h2-6H,1H3,(H,16,17). The average Bonchev–Trinajstić information content (AvgIpc) is 2.87. The first-order valence-electron chi connectivity index (χ1n) is 5.55. The lowest BCUT2D eigenvalue weighted by Gasteiger charge is -2.13. The minimum atomic E-state index is -4.79. The second kappa shape index (κ2) is 6.00. The number of anilines is 2. The molecule has 0 bridgehead atoms. The van der Waals surface area contributed by atoms with Crippen molar-refractivity contribution in [2.24, 2.45) is 0 Å². The van der Waals surface area contributed by atoms with Crippen LogP contribution in [-0.2, 0) is 4.74 Å². The van der Waals surface area contributed by atoms with Gasteiger partial charge in [-0.25, -0.2) is 9.78 Å². The van der Waals surface area contributed by atoms with E-state index < -0.39 is 12.3 Å². The maximum Gasteiger partial charge on any atom is 0.573 e. The molecule has 1 aromatic carbocycles. The molecule has 1 N–H and O–H groups in total. The van der Waals surface area contributed by atoms with E-state index in [1.54, 1.807) is 6.07 Å². The lowest BCUT2D eigenvalue weighted by molar-refractivity contribution is -0.274. The van der Waals surface area contributed by atoms with E-state index in [1.807, 2.05) is 0 Å². The van der Waals surface area contributed by atoms with Gasteiger partial charge >= 0.3 is 12.3 Å². The first-order chi connectivity index (χ1) is 9.89. The number of hydrogen-bond donors (Lipinski definition) is 1. The fourth-order valence-electron chi connectivity index (χ4n) is 1.43. The summed E-state index contributed by atoms with van der Waals surface area (Å²) in [6.07, 6.45) is -3.52. The van der Waals surface area contributed by atoms with Crippen LogP contribution in [0.4, 0.5) is 24.0 Å². The average molecular weight is 318 g/mol. The number of hydrogen-bond acceptors (Lipinski definition) is 6. The van der Waals surface area contributed by atoms with Crippen LogP contribution in [0.2, 0.25) is 0 Å². The number of benzene rings is 1. The number of thiazole rings is 1. The number of halogens is 3. The largest absolute Gasteiger partial charge is 0.573 e. The fraction of sp³-hybridized carbons (Fsp3) is 0.167. The third kappa shape index (κ3) is 4.09. The third-order valence-corrected chi connectivity index (χ3v) is 3.14. The predicted molar refractivity (Wildman–Crippen MR) is 69.9 cm³/mol. The van der Waals surface area contributed by atoms with Crippen LogP contribution in [0.15, 0.2) is 30.5 Å². The number of rotatable bonds is 4. The van der Waals surface area contributed by atoms with Crippen molar-refractivity contribution in [3.05, 3.63) is 35.3 Å². The molecule has 0 saturated heterocycles. The van der Waals surface area contributed by atoms with Crippen molar-refractivity contribution in [2.75, 3.05) is 12.4 Å². The van der Waals surface area contributed by atoms with Gasteiger partial charge in [0, 0.05) is 0 Å². The Labute approximate surface area is 121 Å². The molecule has 2 rings (SSSR count). The van der Waals surface area contributed by atoms with Crippen molar-refractivity contribution in [3.63, 3.8) is 0 Å². The topological polar surface area (TPSA) is 60.5 Å². The maximum atomic E-state index is 12.3. The van der Waals surface area contributed by atoms with E-state index in [1.165, 1.54) is 31.5 Å². The summed E-state index contributed by atoms with van der Waals surface area (Å²) in [5.41, 5.74) is 0.0839. The smallest absolute Gasteiger partial charge is 0.465 e. The lowest BCUT2D eigenvalue weighted by atomic mass is 10.3. The van der Waals surface area contributed by atoms with Gasteiger partial charge in [-0.1, -0.05) is 23.5 Å². The molecule has 0 aliphatic rings. The van der Waals surface area contributed by atoms with Gasteiger partial charge in [0.15, 0.2) is 10.9 Å². The van der Waals surface area contributed by atoms with E-state index in [2.05, 4.69) is 19.8 Å². The minimum Gasteiger partial charge on any atom is -0.465 e. The summed E-state index contributed by atoms with van der Waals surface area (Å²) in [5, 5.41) is 2.91. The molecule has 0 spiro atoms. The highest BCUT2D eigenvalue weighted by atomic mass is 32.1. The Hall–Kier alpha value is -2.29. The van der Waals surface area contributed by atoms with Crippen molar-refractivity contribution in [1.29, 1.82) is 0 Å². The number of nitrogens with zero attached hydrogens (tertiary/aromatic N) is 1. The molecule has 1 aromatic heterocycles. The zero-order valence-electron chi connectivity index (χ0n) is 10.6. The van der Waals surface area contributed by atoms with Gasteiger partial charge in [0.1, 0.15) is 4.88 Å². The molecule has 0 amide bonds. The van der Waals surface area contributed by atoms with Gasteiger partial charge in [-0.2, -0.15) is 0 Å². The summed E-state index contributed by atoms with van der Waals surface area (Å²) in [4.78, 5) is 15.4. The molecule has 21 heavy (non-hydrogen) atoms. The second-order valence-electron chi connectivity index (χ2n) is 3.69. The highest BCUT2D eigenvalue weighted by Gasteiger charge is 2.32. The number of carbonyl (C=O) groups excluding carboxylic acids is 1. The van der Waals surface area contributed by atoms with Crippen molar-refractivity contribution >= 4 is 28.1 Å². The summed E-state index contributed by atoms with van der Waals surface area (Å²) < 4.78 is 45.3. The Morgan fingerprint density at radius 3 is 2.71 bits per heavy atom. The SMILES string of the molecule is COC(=O)c1cnc(Nc2ccccc2OC(F)(F)F)s1. The summed E-state index contributed by atoms with van der Waals surface area (Å²) in [5.74, 6) is -0.958. The molecule has 0 aliphatic heterocycles. The molecule has 0 saturated carbocycles. The molecular formula is C12H9F3N2O3S. The monoisotopic (exact) mass is 318 g/mol. The molecule has 112 valence electrons. The molecule has 2 aromatic rings. The number of carbonyl (C=O) groups is 1. The molecule has 5 nitrogen and oxygen atoms in total. The van der Waals surface area contributed by atoms with Crippen molar-refractivity contribution in [2.45, 2.75) is 6.36 Å². The number of para-hydroxylation sites is 2. The Bertz CT molecular complexity index is 643. The quantitative estimate of drug-likeness (QED) is 0.873. The Balaban J connectivity index is 2.20. The van der Waals surface area contributed by atoms with Crippen LogP contribution in [0.5, 0.6) is 5.75 Å². The van der Waals surface area contributed by atoms with Gasteiger partial charge in [-0.05, 0) is 12.1 Å². The van der Waals surface area contributed by atoms with Crippen LogP contribution >= 0.6 is 11.3 Å². The Kier molecular flexibility index (Phi) is 4.32. The van der Waals surface area contributed by atoms with Gasteiger partial charge in [0.2, 0.25) is 0 Å². The van der Waals surface area contributed by atoms with E-state index >= 15 is 0 Å². The number of aromatic nitrogens is 1. The van der Waals surface area contributed by atoms with Crippen LogP contribution in [0, 0.1) is 0 Å². The second-order valence-corrected chi connectivity index (χ2v) is 4.72. The first kappa shape index (κ1) is 15.1. The molecule has 0 radical (unpaired) electrons. The molecule has 0 fully saturated rings. The Morgan fingerprint density at radius 1 is 1.33 bits per heavy atom. The highest BCUT2D eigenvalue weighted by Crippen LogP contribution is 2.33. The van der Waals surface area contributed by atoms with Gasteiger partial charge < -0.3 is 14.8 Å². The summed E-state index contributed by atoms with van der Waals surface area (Å²) in [6.45, 7) is 0. The van der Waals surface area contributed by atoms with Crippen molar-refractivity contribution < 1.29 is 27.4 Å². The number of ether oxygens (including phenoxy) is 2. The third-order valence-electron chi connectivity index (χ3n) is 2.25. The molecule has 9 heteroatoms. The van der Waals surface area contributed by atoms with Gasteiger partial charge in [0.25, 0.3) is 0 Å². The summed E-state index contributed by atoms with van der Waals surface area (Å²) in [6, 6.07) is 5.53. The zero-order chi connectivity index (χ0) is 15.5. The molecular weight excluding hydrogens is 309 g/mol. The van der Waals surface area contributed by atoms with Gasteiger partial charge in [-0.15, -0.1) is 13.2 Å². The molecule has 1 heterocycles. The molecule has 0 atom stereocenters. The van der Waals surface area contributed by atoms with Crippen molar-refractivity contribution in [1.82, 2.24) is 4.98 Å². The van der Waals surface area contributed by atoms with Crippen molar-refractivity contribution in [3.8, 4) is 5.75 Å². The van der Waals surface area contributed by atoms with Crippen LogP contribution in [0.3, 0.4) is 0 Å². The van der Waals surface area contributed by atoms with Crippen LogP contribution in [-0.4, -0.2) is 24.4 Å². The molecule has 0 unspecified atom stereocenters. The van der Waals surface area contributed by atoms with E-state index in [0.29, 0.717) is 0 Å². The van der Waals surface area contributed by atoms with Gasteiger partial charge in [-0.3, -0.25) is 0 Å². The van der Waals surface area contributed by atoms with E-state index in [4.69, 9.17) is 0 Å². The summed E-state index contributed by atoms with van der Waals surface area (Å²) >= 11 is 0.954. The maximum absolute atomic E-state index is 12.3. The minimum absolute atomic E-state index is 0.0839. The number of esters is 1. The predicted octanol–water partition coefficient (Wildman–Crippen LogP) is 3.57. The fourth-order valence-corrected chi connectivity index (χ4v) is 2.17. The van der Waals surface area contributed by atoms with E-state index in [9.17, 15) is 18.0 Å². The normalized spacial score (nSPS) is 11.0. The zero-order valence-corrected chi connectivity index (χ0v) is 11.4. The van der Waals surface area contributed by atoms with Crippen LogP contribution < -0.4 is 10.1 Å². The lowest BCUT2D eigenvalue weighted by Crippen LogP contribution is -2.17. The van der Waals surface area contributed by atoms with E-state index in [-0.39, 0.29) is 21.4 Å². The Morgan fingerprint density at radius 2 is 2.05 bits per heavy atom. The first-order valence-corrected chi connectivity index (χ1v) is 6.36. The van der Waals surface area contributed by atoms with E-state index in [0.717, 1.165) is 11.3 Å². The number of methoxy groups -OCH3 is 1. The summed E-state index contributed by atoms with van der Waals surface area (Å²) in [7, 11) is 1.22. The van der Waals surface area contributed by atoms with Crippen LogP contribution in [0.1, 0.15) is 9.67 Å². The van der Waals surface area contributed by atoms with Crippen LogP contribution in [0.25, 0.3) is 0 Å². The molecule has 0 aliphatic carbocycles. The highest BCUT2D eigenvalue weighted by molar-refractivity contribution is 7.17.